The second-order valence-corrected chi connectivity index (χ2v) is 4.45. The topological polar surface area (TPSA) is 58.6 Å². The van der Waals surface area contributed by atoms with Crippen molar-refractivity contribution >= 4 is 11.9 Å². The monoisotopic (exact) mass is 242 g/mol. The molecule has 0 spiro atoms. The smallest absolute Gasteiger partial charge is 0.307 e. The maximum absolute atomic E-state index is 11.4. The molecule has 1 fully saturated rings. The largest absolute Gasteiger partial charge is 0.466 e. The molecule has 1 amide bonds. The Hall–Kier alpha value is -1.10. The normalized spacial score (nSPS) is 14.8. The van der Waals surface area contributed by atoms with Crippen molar-refractivity contribution in [2.45, 2.75) is 38.6 Å². The Bertz CT molecular complexity index is 264. The third-order valence-corrected chi connectivity index (χ3v) is 2.67. The first-order valence-corrected chi connectivity index (χ1v) is 6.25. The summed E-state index contributed by atoms with van der Waals surface area (Å²) in [5.74, 6) is -0.0720. The van der Waals surface area contributed by atoms with Crippen molar-refractivity contribution in [2.24, 2.45) is 0 Å². The van der Waals surface area contributed by atoms with Gasteiger partial charge in [0.25, 0.3) is 0 Å². The molecule has 1 aliphatic carbocycles. The van der Waals surface area contributed by atoms with Crippen LogP contribution >= 0.6 is 0 Å². The van der Waals surface area contributed by atoms with Gasteiger partial charge in [-0.15, -0.1) is 0 Å². The summed E-state index contributed by atoms with van der Waals surface area (Å²) in [5.41, 5.74) is 0. The van der Waals surface area contributed by atoms with E-state index in [0.29, 0.717) is 38.6 Å². The van der Waals surface area contributed by atoms with Crippen LogP contribution in [0.15, 0.2) is 0 Å². The highest BCUT2D eigenvalue weighted by Crippen LogP contribution is 2.18. The summed E-state index contributed by atoms with van der Waals surface area (Å²) in [6.45, 7) is 3.53. The number of nitrogens with zero attached hydrogens (tertiary/aromatic N) is 1. The zero-order valence-electron chi connectivity index (χ0n) is 10.7. The Balaban J connectivity index is 2.01. The number of rotatable bonds is 8. The Morgan fingerprint density at radius 3 is 2.53 bits per heavy atom. The van der Waals surface area contributed by atoms with Crippen molar-refractivity contribution in [2.75, 3.05) is 26.7 Å². The molecule has 0 saturated heterocycles. The first-order valence-electron chi connectivity index (χ1n) is 6.25. The zero-order valence-corrected chi connectivity index (χ0v) is 10.7. The molecular weight excluding hydrogens is 220 g/mol. The fourth-order valence-electron chi connectivity index (χ4n) is 1.45. The number of esters is 1. The predicted octanol–water partition coefficient (Wildman–Crippen LogP) is 0.540. The van der Waals surface area contributed by atoms with Gasteiger partial charge >= 0.3 is 5.97 Å². The summed E-state index contributed by atoms with van der Waals surface area (Å²) in [6.07, 6.45) is 3.11. The molecule has 1 rings (SSSR count). The molecule has 0 atom stereocenters. The summed E-state index contributed by atoms with van der Waals surface area (Å²) in [7, 11) is 1.91. The van der Waals surface area contributed by atoms with Gasteiger partial charge in [0, 0.05) is 25.6 Å². The average Bonchev–Trinajstić information content (AvgIpc) is 3.08. The van der Waals surface area contributed by atoms with E-state index in [2.05, 4.69) is 5.32 Å². The van der Waals surface area contributed by atoms with E-state index in [4.69, 9.17) is 4.74 Å². The SMILES string of the molecule is CCOC(=O)CCN(C)CCC(=O)NC1CC1. The van der Waals surface area contributed by atoms with Gasteiger partial charge in [-0.2, -0.15) is 0 Å². The van der Waals surface area contributed by atoms with Gasteiger partial charge < -0.3 is 15.0 Å². The molecule has 0 bridgehead atoms. The van der Waals surface area contributed by atoms with Gasteiger partial charge in [0.1, 0.15) is 0 Å². The molecule has 5 heteroatoms. The maximum Gasteiger partial charge on any atom is 0.307 e. The molecule has 1 aliphatic rings. The van der Waals surface area contributed by atoms with Crippen LogP contribution in [0.25, 0.3) is 0 Å². The van der Waals surface area contributed by atoms with Gasteiger partial charge in [-0.05, 0) is 26.8 Å². The highest BCUT2D eigenvalue weighted by atomic mass is 16.5. The fraction of sp³-hybridized carbons (Fsp3) is 0.833. The molecule has 0 unspecified atom stereocenters. The van der Waals surface area contributed by atoms with E-state index in [1.807, 2.05) is 11.9 Å². The van der Waals surface area contributed by atoms with E-state index in [1.165, 1.54) is 0 Å². The summed E-state index contributed by atoms with van der Waals surface area (Å²) in [5, 5.41) is 2.94. The highest BCUT2D eigenvalue weighted by Gasteiger charge is 2.22. The second-order valence-electron chi connectivity index (χ2n) is 4.45. The second kappa shape index (κ2) is 7.27. The summed E-state index contributed by atoms with van der Waals surface area (Å²) < 4.78 is 4.83. The molecule has 5 nitrogen and oxygen atoms in total. The number of ether oxygens (including phenoxy) is 1. The van der Waals surface area contributed by atoms with Crippen LogP contribution in [0.5, 0.6) is 0 Å². The van der Waals surface area contributed by atoms with Gasteiger partial charge in [-0.1, -0.05) is 0 Å². The van der Waals surface area contributed by atoms with Crippen LogP contribution in [0.4, 0.5) is 0 Å². The minimum absolute atomic E-state index is 0.107. The highest BCUT2D eigenvalue weighted by molar-refractivity contribution is 5.76. The molecule has 0 heterocycles. The lowest BCUT2D eigenvalue weighted by Crippen LogP contribution is -2.31. The van der Waals surface area contributed by atoms with Crippen LogP contribution in [-0.4, -0.2) is 49.6 Å². The van der Waals surface area contributed by atoms with E-state index in [9.17, 15) is 9.59 Å². The minimum Gasteiger partial charge on any atom is -0.466 e. The van der Waals surface area contributed by atoms with Gasteiger partial charge in [0.15, 0.2) is 0 Å². The summed E-state index contributed by atoms with van der Waals surface area (Å²) in [4.78, 5) is 24.5. The van der Waals surface area contributed by atoms with Crippen molar-refractivity contribution in [3.63, 3.8) is 0 Å². The number of nitrogens with one attached hydrogen (secondary N) is 1. The Morgan fingerprint density at radius 1 is 1.29 bits per heavy atom. The Kier molecular flexibility index (Phi) is 5.97. The lowest BCUT2D eigenvalue weighted by atomic mass is 10.3. The lowest BCUT2D eigenvalue weighted by Gasteiger charge is -2.15. The molecule has 0 aromatic rings. The van der Waals surface area contributed by atoms with E-state index in [1.54, 1.807) is 6.92 Å². The lowest BCUT2D eigenvalue weighted by molar-refractivity contribution is -0.143. The van der Waals surface area contributed by atoms with Crippen molar-refractivity contribution in [3.8, 4) is 0 Å². The van der Waals surface area contributed by atoms with Gasteiger partial charge in [-0.3, -0.25) is 9.59 Å². The quantitative estimate of drug-likeness (QED) is 0.631. The van der Waals surface area contributed by atoms with E-state index in [0.717, 1.165) is 12.8 Å². The van der Waals surface area contributed by atoms with Gasteiger partial charge in [-0.25, -0.2) is 0 Å². The Labute approximate surface area is 102 Å². The minimum atomic E-state index is -0.179. The van der Waals surface area contributed by atoms with E-state index < -0.39 is 0 Å². The van der Waals surface area contributed by atoms with Crippen LogP contribution in [0.1, 0.15) is 32.6 Å². The van der Waals surface area contributed by atoms with E-state index in [-0.39, 0.29) is 11.9 Å². The molecule has 0 radical (unpaired) electrons. The fourth-order valence-corrected chi connectivity index (χ4v) is 1.45. The van der Waals surface area contributed by atoms with Crippen LogP contribution in [0.3, 0.4) is 0 Å². The molecule has 1 N–H and O–H groups in total. The number of hydrogen-bond donors (Lipinski definition) is 1. The standard InChI is InChI=1S/C12H22N2O3/c1-3-17-12(16)7-9-14(2)8-6-11(15)13-10-4-5-10/h10H,3-9H2,1-2H3,(H,13,15). The molecule has 0 aromatic heterocycles. The van der Waals surface area contributed by atoms with E-state index >= 15 is 0 Å². The number of hydrogen-bond acceptors (Lipinski definition) is 4. The van der Waals surface area contributed by atoms with Gasteiger partial charge in [0.2, 0.25) is 5.91 Å². The first kappa shape index (κ1) is 14.0. The molecular formula is C12H22N2O3. The van der Waals surface area contributed by atoms with Crippen LogP contribution in [0, 0.1) is 0 Å². The van der Waals surface area contributed by atoms with Crippen molar-refractivity contribution in [1.29, 1.82) is 0 Å². The van der Waals surface area contributed by atoms with Crippen LogP contribution in [-0.2, 0) is 14.3 Å². The van der Waals surface area contributed by atoms with Crippen LogP contribution in [0.2, 0.25) is 0 Å². The third kappa shape index (κ3) is 6.94. The summed E-state index contributed by atoms with van der Waals surface area (Å²) in [6, 6.07) is 0.423. The van der Waals surface area contributed by atoms with Crippen molar-refractivity contribution in [1.82, 2.24) is 10.2 Å². The zero-order chi connectivity index (χ0) is 12.7. The summed E-state index contributed by atoms with van der Waals surface area (Å²) >= 11 is 0. The third-order valence-electron chi connectivity index (χ3n) is 2.67. The molecule has 17 heavy (non-hydrogen) atoms. The van der Waals surface area contributed by atoms with Crippen LogP contribution < -0.4 is 5.32 Å². The maximum atomic E-state index is 11.4. The molecule has 98 valence electrons. The number of carbonyl (C=O) groups excluding carboxylic acids is 2. The Morgan fingerprint density at radius 2 is 1.94 bits per heavy atom. The first-order chi connectivity index (χ1) is 8.11. The number of amides is 1. The van der Waals surface area contributed by atoms with Crippen molar-refractivity contribution < 1.29 is 14.3 Å². The molecule has 0 aromatic carbocycles. The van der Waals surface area contributed by atoms with Crippen molar-refractivity contribution in [3.05, 3.63) is 0 Å². The predicted molar refractivity (Wildman–Crippen MR) is 64.5 cm³/mol. The molecule has 0 aliphatic heterocycles. The average molecular weight is 242 g/mol. The van der Waals surface area contributed by atoms with Gasteiger partial charge in [0.05, 0.1) is 13.0 Å². The number of carbonyl (C=O) groups is 2. The molecule has 1 saturated carbocycles.